The first kappa shape index (κ1) is 27.0. The van der Waals surface area contributed by atoms with Gasteiger partial charge in [0.1, 0.15) is 5.52 Å². The molecule has 4 aromatic carbocycles. The summed E-state index contributed by atoms with van der Waals surface area (Å²) in [4.78, 5) is 18.7. The second-order valence-corrected chi connectivity index (χ2v) is 12.5. The van der Waals surface area contributed by atoms with Crippen molar-refractivity contribution in [1.29, 1.82) is 0 Å². The quantitative estimate of drug-likeness (QED) is 0.174. The lowest BCUT2D eigenvalue weighted by molar-refractivity contribution is 0.102. The molecule has 0 saturated heterocycles. The molecule has 0 saturated carbocycles. The van der Waals surface area contributed by atoms with E-state index < -0.39 is 9.84 Å². The number of sulfone groups is 1. The van der Waals surface area contributed by atoms with Gasteiger partial charge in [0.15, 0.2) is 15.4 Å². The topological polar surface area (TPSA) is 89.3 Å². The Morgan fingerprint density at radius 3 is 2.54 bits per heavy atom. The van der Waals surface area contributed by atoms with Crippen LogP contribution in [0, 0.1) is 0 Å². The van der Waals surface area contributed by atoms with Crippen LogP contribution in [-0.2, 0) is 22.0 Å². The molecule has 0 atom stereocenters. The average molecular weight is 577 g/mol. The van der Waals surface area contributed by atoms with Gasteiger partial charge in [0.2, 0.25) is 5.89 Å². The fourth-order valence-corrected chi connectivity index (χ4v) is 6.32. The van der Waals surface area contributed by atoms with Crippen LogP contribution in [0.15, 0.2) is 111 Å². The number of nitrogens with zero attached hydrogens (tertiary/aromatic N) is 1. The molecule has 1 N–H and O–H groups in total. The predicted octanol–water partition coefficient (Wildman–Crippen LogP) is 7.43. The lowest BCUT2D eigenvalue weighted by atomic mass is 10.1. The molecule has 0 spiro atoms. The molecule has 198 valence electrons. The Morgan fingerprint density at radius 2 is 1.72 bits per heavy atom. The van der Waals surface area contributed by atoms with Crippen molar-refractivity contribution in [2.24, 2.45) is 0 Å². The summed E-state index contributed by atoms with van der Waals surface area (Å²) >= 11 is 7.41. The molecule has 0 bridgehead atoms. The van der Waals surface area contributed by atoms with Crippen molar-refractivity contribution in [2.45, 2.75) is 28.4 Å². The number of carbonyl (C=O) groups is 1. The van der Waals surface area contributed by atoms with Gasteiger partial charge in [-0.15, -0.1) is 11.8 Å². The normalized spacial score (nSPS) is 11.5. The molecule has 6 nitrogen and oxygen atoms in total. The number of aryl methyl sites for hydroxylation is 1. The summed E-state index contributed by atoms with van der Waals surface area (Å²) in [5.41, 5.74) is 3.72. The van der Waals surface area contributed by atoms with Gasteiger partial charge in [-0.2, -0.15) is 0 Å². The van der Waals surface area contributed by atoms with E-state index in [0.717, 1.165) is 21.6 Å². The molecule has 1 amide bonds. The van der Waals surface area contributed by atoms with Crippen LogP contribution in [0.5, 0.6) is 0 Å². The Kier molecular flexibility index (Phi) is 8.35. The van der Waals surface area contributed by atoms with Gasteiger partial charge in [-0.3, -0.25) is 4.79 Å². The number of thioether (sulfide) groups is 1. The van der Waals surface area contributed by atoms with Crippen LogP contribution in [0.3, 0.4) is 0 Å². The highest BCUT2D eigenvalue weighted by molar-refractivity contribution is 7.98. The number of hydrogen-bond acceptors (Lipinski definition) is 6. The van der Waals surface area contributed by atoms with E-state index >= 15 is 0 Å². The van der Waals surface area contributed by atoms with Crippen LogP contribution >= 0.6 is 23.4 Å². The number of para-hydroxylation sites is 2. The van der Waals surface area contributed by atoms with Crippen LogP contribution in [0.25, 0.3) is 11.1 Å². The van der Waals surface area contributed by atoms with E-state index in [-0.39, 0.29) is 16.6 Å². The summed E-state index contributed by atoms with van der Waals surface area (Å²) < 4.78 is 31.0. The number of fused-ring (bicyclic) bond motifs is 1. The number of oxazole rings is 1. The molecule has 0 aliphatic carbocycles. The Morgan fingerprint density at radius 1 is 0.923 bits per heavy atom. The molecular formula is C30H25ClN2O4S2. The maximum atomic E-state index is 13.0. The summed E-state index contributed by atoms with van der Waals surface area (Å²) in [5, 5.41) is 3.44. The van der Waals surface area contributed by atoms with Gasteiger partial charge in [-0.25, -0.2) is 13.4 Å². The highest BCUT2D eigenvalue weighted by Gasteiger charge is 2.14. The fraction of sp³-hybridized carbons (Fsp3) is 0.133. The van der Waals surface area contributed by atoms with E-state index in [2.05, 4.69) is 10.3 Å². The van der Waals surface area contributed by atoms with E-state index in [1.54, 1.807) is 30.0 Å². The van der Waals surface area contributed by atoms with Crippen LogP contribution in [-0.4, -0.2) is 25.1 Å². The predicted molar refractivity (Wildman–Crippen MR) is 156 cm³/mol. The summed E-state index contributed by atoms with van der Waals surface area (Å²) in [6, 6.07) is 28.7. The minimum Gasteiger partial charge on any atom is -0.440 e. The number of carbonyl (C=O) groups excluding carboxylic acids is 1. The first-order chi connectivity index (χ1) is 18.9. The van der Waals surface area contributed by atoms with Gasteiger partial charge in [0, 0.05) is 21.2 Å². The van der Waals surface area contributed by atoms with Crippen LogP contribution in [0.1, 0.15) is 28.2 Å². The molecule has 0 aliphatic rings. The molecule has 0 fully saturated rings. The van der Waals surface area contributed by atoms with Crippen molar-refractivity contribution < 1.29 is 17.6 Å². The standard InChI is InChI=1S/C30H25ClN2O4S2/c31-23-13-15-26(16-14-23)39(35,36)17-5-7-21-6-3-9-24(18-21)32-30(34)22-8-4-10-25(19-22)38-20-29-33-27-11-1-2-12-28(27)37-29/h1-4,6,8-16,18-19H,5,7,17,20H2,(H,32,34). The zero-order valence-electron chi connectivity index (χ0n) is 20.8. The van der Waals surface area contributed by atoms with Gasteiger partial charge in [-0.05, 0) is 85.1 Å². The number of anilines is 1. The molecule has 1 heterocycles. The molecular weight excluding hydrogens is 552 g/mol. The van der Waals surface area contributed by atoms with E-state index in [9.17, 15) is 13.2 Å². The molecule has 0 aliphatic heterocycles. The number of nitrogens with one attached hydrogen (secondary N) is 1. The second-order valence-electron chi connectivity index (χ2n) is 8.92. The van der Waals surface area contributed by atoms with Gasteiger partial charge < -0.3 is 9.73 Å². The monoisotopic (exact) mass is 576 g/mol. The van der Waals surface area contributed by atoms with Crippen LogP contribution < -0.4 is 5.32 Å². The molecule has 0 unspecified atom stereocenters. The number of aromatic nitrogens is 1. The maximum Gasteiger partial charge on any atom is 0.255 e. The van der Waals surface area contributed by atoms with E-state index in [0.29, 0.717) is 40.8 Å². The Bertz CT molecular complexity index is 1680. The first-order valence-corrected chi connectivity index (χ1v) is 15.3. The van der Waals surface area contributed by atoms with Crippen molar-refractivity contribution in [2.75, 3.05) is 11.1 Å². The first-order valence-electron chi connectivity index (χ1n) is 12.3. The number of amides is 1. The molecule has 9 heteroatoms. The highest BCUT2D eigenvalue weighted by Crippen LogP contribution is 2.26. The molecule has 39 heavy (non-hydrogen) atoms. The zero-order valence-corrected chi connectivity index (χ0v) is 23.2. The number of rotatable bonds is 10. The fourth-order valence-electron chi connectivity index (χ4n) is 4.09. The number of hydrogen-bond donors (Lipinski definition) is 1. The van der Waals surface area contributed by atoms with Crippen molar-refractivity contribution in [3.05, 3.63) is 119 Å². The smallest absolute Gasteiger partial charge is 0.255 e. The van der Waals surface area contributed by atoms with Gasteiger partial charge in [-0.1, -0.05) is 41.9 Å². The third kappa shape index (κ3) is 7.09. The molecule has 1 aromatic heterocycles. The molecule has 5 aromatic rings. The van der Waals surface area contributed by atoms with Gasteiger partial charge in [0.25, 0.3) is 5.91 Å². The Hall–Kier alpha value is -3.59. The van der Waals surface area contributed by atoms with Crippen molar-refractivity contribution in [3.8, 4) is 0 Å². The van der Waals surface area contributed by atoms with Crippen molar-refractivity contribution >= 4 is 55.9 Å². The lowest BCUT2D eigenvalue weighted by Gasteiger charge is -2.09. The largest absolute Gasteiger partial charge is 0.440 e. The van der Waals surface area contributed by atoms with Crippen LogP contribution in [0.4, 0.5) is 5.69 Å². The Labute approximate surface area is 236 Å². The minimum absolute atomic E-state index is 0.0270. The lowest BCUT2D eigenvalue weighted by Crippen LogP contribution is -2.12. The summed E-state index contributed by atoms with van der Waals surface area (Å²) in [6.45, 7) is 0. The van der Waals surface area contributed by atoms with Crippen LogP contribution in [0.2, 0.25) is 5.02 Å². The summed E-state index contributed by atoms with van der Waals surface area (Å²) in [6.07, 6.45) is 1.03. The molecule has 5 rings (SSSR count). The number of halogens is 1. The average Bonchev–Trinajstić information content (AvgIpc) is 3.36. The van der Waals surface area contributed by atoms with Crippen molar-refractivity contribution in [1.82, 2.24) is 4.98 Å². The Balaban J connectivity index is 1.16. The third-order valence-electron chi connectivity index (χ3n) is 6.03. The number of benzene rings is 4. The minimum atomic E-state index is -3.39. The summed E-state index contributed by atoms with van der Waals surface area (Å²) in [7, 11) is -3.39. The maximum absolute atomic E-state index is 13.0. The second kappa shape index (κ2) is 12.1. The van der Waals surface area contributed by atoms with Gasteiger partial charge in [0.05, 0.1) is 16.4 Å². The summed E-state index contributed by atoms with van der Waals surface area (Å²) in [5.74, 6) is 0.991. The van der Waals surface area contributed by atoms with E-state index in [1.165, 1.54) is 12.1 Å². The molecule has 0 radical (unpaired) electrons. The van der Waals surface area contributed by atoms with E-state index in [1.807, 2.05) is 66.7 Å². The third-order valence-corrected chi connectivity index (χ3v) is 9.08. The zero-order chi connectivity index (χ0) is 27.2. The SMILES string of the molecule is O=C(Nc1cccc(CCCS(=O)(=O)c2ccc(Cl)cc2)c1)c1cccc(SCc2nc3ccccc3o2)c1. The van der Waals surface area contributed by atoms with E-state index in [4.69, 9.17) is 16.0 Å². The van der Waals surface area contributed by atoms with Gasteiger partial charge >= 0.3 is 0 Å². The highest BCUT2D eigenvalue weighted by atomic mass is 35.5. The van der Waals surface area contributed by atoms with Crippen molar-refractivity contribution in [3.63, 3.8) is 0 Å².